The second kappa shape index (κ2) is 7.12. The molecular formula is C19H23NO2. The molecular weight excluding hydrogens is 274 g/mol. The number of carbonyl (C=O) groups is 1. The second-order valence-electron chi connectivity index (χ2n) is 5.85. The van der Waals surface area contributed by atoms with E-state index in [2.05, 4.69) is 17.4 Å². The number of hydrogen-bond acceptors (Lipinski definition) is 2. The molecule has 2 aromatic carbocycles. The topological polar surface area (TPSA) is 38.3 Å². The van der Waals surface area contributed by atoms with E-state index in [1.807, 2.05) is 56.3 Å². The summed E-state index contributed by atoms with van der Waals surface area (Å²) in [6, 6.07) is 17.8. The predicted octanol–water partition coefficient (Wildman–Crippen LogP) is 3.33. The average molecular weight is 297 g/mol. The van der Waals surface area contributed by atoms with Crippen molar-refractivity contribution in [1.29, 1.82) is 0 Å². The number of amides is 1. The van der Waals surface area contributed by atoms with E-state index in [1.54, 1.807) is 7.11 Å². The summed E-state index contributed by atoms with van der Waals surface area (Å²) in [6.07, 6.45) is 0.839. The highest BCUT2D eigenvalue weighted by molar-refractivity contribution is 5.87. The molecule has 0 radical (unpaired) electrons. The minimum atomic E-state index is -0.567. The van der Waals surface area contributed by atoms with Gasteiger partial charge >= 0.3 is 0 Å². The van der Waals surface area contributed by atoms with Gasteiger partial charge in [-0.1, -0.05) is 42.5 Å². The number of benzene rings is 2. The summed E-state index contributed by atoms with van der Waals surface area (Å²) in [7, 11) is 1.64. The molecule has 0 fully saturated rings. The van der Waals surface area contributed by atoms with Gasteiger partial charge in [-0.15, -0.1) is 0 Å². The predicted molar refractivity (Wildman–Crippen MR) is 89.2 cm³/mol. The third-order valence-corrected chi connectivity index (χ3v) is 3.92. The number of methoxy groups -OCH3 is 1. The van der Waals surface area contributed by atoms with E-state index in [1.165, 1.54) is 5.56 Å². The van der Waals surface area contributed by atoms with E-state index in [4.69, 9.17) is 4.74 Å². The fourth-order valence-corrected chi connectivity index (χ4v) is 2.32. The van der Waals surface area contributed by atoms with Crippen molar-refractivity contribution in [2.75, 3.05) is 13.7 Å². The van der Waals surface area contributed by atoms with Crippen LogP contribution in [0.4, 0.5) is 0 Å². The lowest BCUT2D eigenvalue weighted by atomic mass is 9.83. The molecule has 22 heavy (non-hydrogen) atoms. The summed E-state index contributed by atoms with van der Waals surface area (Å²) in [5.74, 6) is 0.831. The Morgan fingerprint density at radius 1 is 1.05 bits per heavy atom. The van der Waals surface area contributed by atoms with Crippen LogP contribution in [-0.2, 0) is 16.6 Å². The van der Waals surface area contributed by atoms with Crippen LogP contribution >= 0.6 is 0 Å². The first kappa shape index (κ1) is 16.1. The highest BCUT2D eigenvalue weighted by atomic mass is 16.5. The minimum Gasteiger partial charge on any atom is -0.497 e. The van der Waals surface area contributed by atoms with Crippen molar-refractivity contribution in [1.82, 2.24) is 5.32 Å². The average Bonchev–Trinajstić information content (AvgIpc) is 2.55. The highest BCUT2D eigenvalue weighted by Gasteiger charge is 2.29. The molecule has 0 aliphatic carbocycles. The van der Waals surface area contributed by atoms with E-state index >= 15 is 0 Å². The summed E-state index contributed by atoms with van der Waals surface area (Å²) in [4.78, 5) is 12.5. The van der Waals surface area contributed by atoms with Crippen LogP contribution in [0.2, 0.25) is 0 Å². The van der Waals surface area contributed by atoms with E-state index in [0.29, 0.717) is 6.54 Å². The Kier molecular flexibility index (Phi) is 5.21. The molecule has 0 aliphatic heterocycles. The molecule has 0 saturated carbocycles. The molecule has 2 rings (SSSR count). The number of nitrogens with one attached hydrogen (secondary N) is 1. The van der Waals surface area contributed by atoms with E-state index in [-0.39, 0.29) is 5.91 Å². The highest BCUT2D eigenvalue weighted by Crippen LogP contribution is 2.25. The van der Waals surface area contributed by atoms with Crippen LogP contribution in [0.1, 0.15) is 25.0 Å². The van der Waals surface area contributed by atoms with Gasteiger partial charge in [-0.3, -0.25) is 4.79 Å². The Hall–Kier alpha value is -2.29. The molecule has 0 heterocycles. The lowest BCUT2D eigenvalue weighted by Gasteiger charge is -2.24. The van der Waals surface area contributed by atoms with Crippen molar-refractivity contribution in [2.45, 2.75) is 25.7 Å². The molecule has 1 N–H and O–H groups in total. The van der Waals surface area contributed by atoms with Gasteiger partial charge in [0.25, 0.3) is 0 Å². The molecule has 3 heteroatoms. The Balaban J connectivity index is 1.94. The maximum atomic E-state index is 12.5. The summed E-state index contributed by atoms with van der Waals surface area (Å²) in [5.41, 5.74) is 1.64. The van der Waals surface area contributed by atoms with Gasteiger partial charge in [0.05, 0.1) is 12.5 Å². The van der Waals surface area contributed by atoms with Crippen LogP contribution in [0.5, 0.6) is 5.75 Å². The second-order valence-corrected chi connectivity index (χ2v) is 5.85. The smallest absolute Gasteiger partial charge is 0.230 e. The summed E-state index contributed by atoms with van der Waals surface area (Å²) < 4.78 is 5.16. The lowest BCUT2D eigenvalue weighted by Crippen LogP contribution is -2.40. The largest absolute Gasteiger partial charge is 0.497 e. The molecule has 0 bridgehead atoms. The van der Waals surface area contributed by atoms with Crippen LogP contribution in [0, 0.1) is 0 Å². The first-order valence-electron chi connectivity index (χ1n) is 7.51. The zero-order valence-corrected chi connectivity index (χ0v) is 13.4. The van der Waals surface area contributed by atoms with Gasteiger partial charge in [-0.2, -0.15) is 0 Å². The van der Waals surface area contributed by atoms with Crippen molar-refractivity contribution >= 4 is 5.91 Å². The van der Waals surface area contributed by atoms with Gasteiger partial charge in [0.2, 0.25) is 5.91 Å². The summed E-state index contributed by atoms with van der Waals surface area (Å²) in [5, 5.41) is 3.03. The zero-order valence-electron chi connectivity index (χ0n) is 13.4. The van der Waals surface area contributed by atoms with Crippen molar-refractivity contribution in [3.8, 4) is 5.75 Å². The van der Waals surface area contributed by atoms with Crippen molar-refractivity contribution in [3.63, 3.8) is 0 Å². The van der Waals surface area contributed by atoms with E-state index < -0.39 is 5.41 Å². The molecule has 0 aliphatic rings. The fraction of sp³-hybridized carbons (Fsp3) is 0.316. The Morgan fingerprint density at radius 2 is 1.68 bits per heavy atom. The standard InChI is InChI=1S/C19H23NO2/c1-19(2,16-9-11-17(22-3)12-10-16)18(21)20-14-13-15-7-5-4-6-8-15/h4-12H,13-14H2,1-3H3,(H,20,21). The first-order valence-corrected chi connectivity index (χ1v) is 7.51. The molecule has 0 spiro atoms. The van der Waals surface area contributed by atoms with Gasteiger partial charge in [-0.25, -0.2) is 0 Å². The molecule has 0 atom stereocenters. The monoisotopic (exact) mass is 297 g/mol. The molecule has 2 aromatic rings. The molecule has 0 saturated heterocycles. The fourth-order valence-electron chi connectivity index (χ4n) is 2.32. The van der Waals surface area contributed by atoms with Crippen molar-refractivity contribution in [2.24, 2.45) is 0 Å². The molecule has 0 unspecified atom stereocenters. The van der Waals surface area contributed by atoms with Gasteiger partial charge in [0.1, 0.15) is 5.75 Å². The van der Waals surface area contributed by atoms with Crippen molar-refractivity contribution < 1.29 is 9.53 Å². The SMILES string of the molecule is COc1ccc(C(C)(C)C(=O)NCCc2ccccc2)cc1. The third-order valence-electron chi connectivity index (χ3n) is 3.92. The maximum Gasteiger partial charge on any atom is 0.230 e. The molecule has 1 amide bonds. The van der Waals surface area contributed by atoms with Gasteiger partial charge in [0, 0.05) is 6.54 Å². The third kappa shape index (κ3) is 3.88. The normalized spacial score (nSPS) is 11.0. The molecule has 0 aromatic heterocycles. The summed E-state index contributed by atoms with van der Waals surface area (Å²) in [6.45, 7) is 4.52. The molecule has 116 valence electrons. The van der Waals surface area contributed by atoms with Crippen LogP contribution < -0.4 is 10.1 Å². The minimum absolute atomic E-state index is 0.0357. The lowest BCUT2D eigenvalue weighted by molar-refractivity contribution is -0.125. The zero-order chi connectivity index (χ0) is 16.0. The number of rotatable bonds is 6. The van der Waals surface area contributed by atoms with E-state index in [0.717, 1.165) is 17.7 Å². The van der Waals surface area contributed by atoms with Crippen LogP contribution in [0.15, 0.2) is 54.6 Å². The quantitative estimate of drug-likeness (QED) is 0.888. The van der Waals surface area contributed by atoms with Crippen LogP contribution in [0.3, 0.4) is 0 Å². The Labute approximate surface area is 132 Å². The number of ether oxygens (including phenoxy) is 1. The van der Waals surface area contributed by atoms with Crippen LogP contribution in [-0.4, -0.2) is 19.6 Å². The van der Waals surface area contributed by atoms with Gasteiger partial charge in [-0.05, 0) is 43.5 Å². The van der Waals surface area contributed by atoms with Crippen LogP contribution in [0.25, 0.3) is 0 Å². The summed E-state index contributed by atoms with van der Waals surface area (Å²) >= 11 is 0. The first-order chi connectivity index (χ1) is 10.5. The number of hydrogen-bond donors (Lipinski definition) is 1. The molecule has 3 nitrogen and oxygen atoms in total. The van der Waals surface area contributed by atoms with E-state index in [9.17, 15) is 4.79 Å². The maximum absolute atomic E-state index is 12.5. The van der Waals surface area contributed by atoms with Crippen molar-refractivity contribution in [3.05, 3.63) is 65.7 Å². The number of carbonyl (C=O) groups excluding carboxylic acids is 1. The van der Waals surface area contributed by atoms with Gasteiger partial charge in [0.15, 0.2) is 0 Å². The Morgan fingerprint density at radius 3 is 2.27 bits per heavy atom. The van der Waals surface area contributed by atoms with Gasteiger partial charge < -0.3 is 10.1 Å². The Bertz CT molecular complexity index is 603.